The molecule has 1 aromatic heterocycles. The first-order chi connectivity index (χ1) is 16.3. The van der Waals surface area contributed by atoms with Crippen LogP contribution in [0.1, 0.15) is 42.3 Å². The molecule has 0 N–H and O–H groups in total. The van der Waals surface area contributed by atoms with Crippen molar-refractivity contribution in [2.75, 3.05) is 31.2 Å². The number of morpholine rings is 1. The first kappa shape index (κ1) is 23.8. The SMILES string of the molecule is CC(C)(C)c1ccc(C(=O)ON=C(Cn2nnc(N3CCOCC3)n2)c2ccc(Cl)cc2)cc1. The molecule has 1 fully saturated rings. The van der Waals surface area contributed by atoms with Gasteiger partial charge in [0.05, 0.1) is 18.8 Å². The predicted octanol–water partition coefficient (Wildman–Crippen LogP) is 3.72. The summed E-state index contributed by atoms with van der Waals surface area (Å²) in [4.78, 5) is 21.4. The summed E-state index contributed by atoms with van der Waals surface area (Å²) in [6, 6.07) is 14.4. The van der Waals surface area contributed by atoms with Crippen molar-refractivity contribution in [3.05, 3.63) is 70.2 Å². The molecule has 3 aromatic rings. The molecule has 1 saturated heterocycles. The first-order valence-corrected chi connectivity index (χ1v) is 11.4. The van der Waals surface area contributed by atoms with Crippen molar-refractivity contribution in [3.8, 4) is 0 Å². The van der Waals surface area contributed by atoms with Crippen LogP contribution < -0.4 is 4.90 Å². The highest BCUT2D eigenvalue weighted by Crippen LogP contribution is 2.22. The minimum atomic E-state index is -0.549. The third-order valence-electron chi connectivity index (χ3n) is 5.43. The number of aromatic nitrogens is 4. The molecule has 1 aliphatic rings. The Hall–Kier alpha value is -3.30. The molecule has 0 amide bonds. The van der Waals surface area contributed by atoms with E-state index >= 15 is 0 Å². The number of hydrogen-bond donors (Lipinski definition) is 0. The number of hydrogen-bond acceptors (Lipinski definition) is 8. The summed E-state index contributed by atoms with van der Waals surface area (Å²) in [6.07, 6.45) is 0. The van der Waals surface area contributed by atoms with E-state index < -0.39 is 5.97 Å². The second-order valence-electron chi connectivity index (χ2n) is 8.97. The van der Waals surface area contributed by atoms with Gasteiger partial charge in [-0.15, -0.1) is 5.10 Å². The number of benzene rings is 2. The van der Waals surface area contributed by atoms with Gasteiger partial charge in [-0.25, -0.2) is 4.79 Å². The average molecular weight is 483 g/mol. The van der Waals surface area contributed by atoms with Crippen molar-refractivity contribution in [1.82, 2.24) is 20.2 Å². The number of nitrogens with zero attached hydrogens (tertiary/aromatic N) is 6. The number of oxime groups is 1. The minimum absolute atomic E-state index is 0.00673. The van der Waals surface area contributed by atoms with Crippen molar-refractivity contribution in [2.24, 2.45) is 5.16 Å². The van der Waals surface area contributed by atoms with E-state index in [1.54, 1.807) is 36.4 Å². The highest BCUT2D eigenvalue weighted by Gasteiger charge is 2.18. The zero-order chi connectivity index (χ0) is 24.1. The van der Waals surface area contributed by atoms with Crippen LogP contribution in [-0.4, -0.2) is 58.2 Å². The third kappa shape index (κ3) is 5.98. The van der Waals surface area contributed by atoms with E-state index in [0.717, 1.165) is 11.1 Å². The second kappa shape index (κ2) is 10.3. The van der Waals surface area contributed by atoms with Gasteiger partial charge in [0.1, 0.15) is 12.3 Å². The van der Waals surface area contributed by atoms with E-state index in [-0.39, 0.29) is 12.0 Å². The van der Waals surface area contributed by atoms with Crippen LogP contribution in [0, 0.1) is 0 Å². The minimum Gasteiger partial charge on any atom is -0.378 e. The quantitative estimate of drug-likeness (QED) is 0.300. The fourth-order valence-electron chi connectivity index (χ4n) is 3.40. The number of carbonyl (C=O) groups is 1. The lowest BCUT2D eigenvalue weighted by molar-refractivity contribution is 0.0515. The maximum absolute atomic E-state index is 12.6. The molecular weight excluding hydrogens is 456 g/mol. The van der Waals surface area contributed by atoms with Gasteiger partial charge >= 0.3 is 5.97 Å². The molecule has 1 aliphatic heterocycles. The van der Waals surface area contributed by atoms with Gasteiger partial charge in [-0.2, -0.15) is 4.80 Å². The maximum atomic E-state index is 12.6. The monoisotopic (exact) mass is 482 g/mol. The third-order valence-corrected chi connectivity index (χ3v) is 5.68. The summed E-state index contributed by atoms with van der Waals surface area (Å²) in [5, 5.41) is 17.5. The Morgan fingerprint density at radius 1 is 1.06 bits per heavy atom. The van der Waals surface area contributed by atoms with Gasteiger partial charge in [0, 0.05) is 23.7 Å². The number of tetrazole rings is 1. The van der Waals surface area contributed by atoms with E-state index in [0.29, 0.717) is 48.5 Å². The molecule has 0 bridgehead atoms. The summed E-state index contributed by atoms with van der Waals surface area (Å²) < 4.78 is 5.37. The summed E-state index contributed by atoms with van der Waals surface area (Å²) >= 11 is 6.04. The van der Waals surface area contributed by atoms with Gasteiger partial charge in [-0.05, 0) is 40.5 Å². The average Bonchev–Trinajstić information content (AvgIpc) is 3.31. The van der Waals surface area contributed by atoms with Crippen LogP contribution in [0.2, 0.25) is 5.02 Å². The molecule has 2 aromatic carbocycles. The molecular formula is C24H27ClN6O3. The molecule has 0 unspecified atom stereocenters. The van der Waals surface area contributed by atoms with Gasteiger partial charge in [0.15, 0.2) is 0 Å². The van der Waals surface area contributed by atoms with Crippen LogP contribution in [-0.2, 0) is 21.5 Å². The number of rotatable bonds is 6. The fourth-order valence-corrected chi connectivity index (χ4v) is 3.52. The van der Waals surface area contributed by atoms with Gasteiger partial charge in [-0.3, -0.25) is 0 Å². The molecule has 0 atom stereocenters. The van der Waals surface area contributed by atoms with Crippen molar-refractivity contribution in [1.29, 1.82) is 0 Å². The van der Waals surface area contributed by atoms with Crippen LogP contribution in [0.15, 0.2) is 53.7 Å². The zero-order valence-corrected chi connectivity index (χ0v) is 20.2. The maximum Gasteiger partial charge on any atom is 0.365 e. The molecule has 34 heavy (non-hydrogen) atoms. The summed E-state index contributed by atoms with van der Waals surface area (Å²) in [5.41, 5.74) is 2.73. The molecule has 10 heteroatoms. The largest absolute Gasteiger partial charge is 0.378 e. The molecule has 178 valence electrons. The van der Waals surface area contributed by atoms with Gasteiger partial charge in [0.2, 0.25) is 0 Å². The molecule has 9 nitrogen and oxygen atoms in total. The Labute approximate surface area is 203 Å². The van der Waals surface area contributed by atoms with Crippen molar-refractivity contribution < 1.29 is 14.4 Å². The molecule has 0 radical (unpaired) electrons. The fraction of sp³-hybridized carbons (Fsp3) is 0.375. The molecule has 0 spiro atoms. The van der Waals surface area contributed by atoms with Crippen LogP contribution in [0.4, 0.5) is 5.95 Å². The van der Waals surface area contributed by atoms with Crippen molar-refractivity contribution in [3.63, 3.8) is 0 Å². The smallest absolute Gasteiger partial charge is 0.365 e. The van der Waals surface area contributed by atoms with E-state index in [9.17, 15) is 4.79 Å². The topological polar surface area (TPSA) is 94.7 Å². The van der Waals surface area contributed by atoms with E-state index in [1.807, 2.05) is 17.0 Å². The summed E-state index contributed by atoms with van der Waals surface area (Å²) in [5.74, 6) is -0.0258. The van der Waals surface area contributed by atoms with Gasteiger partial charge < -0.3 is 14.5 Å². The van der Waals surface area contributed by atoms with Crippen LogP contribution in [0.3, 0.4) is 0 Å². The lowest BCUT2D eigenvalue weighted by atomic mass is 9.87. The Morgan fingerprint density at radius 2 is 1.71 bits per heavy atom. The standard InChI is InChI=1S/C24H27ClN6O3/c1-24(2,3)19-8-4-18(5-9-19)22(32)34-28-21(17-6-10-20(25)11-7-17)16-31-27-23(26-29-31)30-12-14-33-15-13-30/h4-11H,12-16H2,1-3H3. The number of carbonyl (C=O) groups excluding carboxylic acids is 1. The van der Waals surface area contributed by atoms with Gasteiger partial charge in [-0.1, -0.05) is 66.9 Å². The van der Waals surface area contributed by atoms with Crippen LogP contribution >= 0.6 is 11.6 Å². The molecule has 0 aliphatic carbocycles. The van der Waals surface area contributed by atoms with Crippen LogP contribution in [0.5, 0.6) is 0 Å². The second-order valence-corrected chi connectivity index (χ2v) is 9.41. The molecule has 2 heterocycles. The Balaban J connectivity index is 1.52. The summed E-state index contributed by atoms with van der Waals surface area (Å²) in [7, 11) is 0. The number of halogens is 1. The Kier molecular flexibility index (Phi) is 7.23. The first-order valence-electron chi connectivity index (χ1n) is 11.0. The van der Waals surface area contributed by atoms with E-state index in [2.05, 4.69) is 41.3 Å². The number of anilines is 1. The Bertz CT molecular complexity index is 1150. The molecule has 0 saturated carbocycles. The normalized spacial score (nSPS) is 14.8. The van der Waals surface area contributed by atoms with Crippen molar-refractivity contribution in [2.45, 2.75) is 32.7 Å². The predicted molar refractivity (Wildman–Crippen MR) is 129 cm³/mol. The highest BCUT2D eigenvalue weighted by atomic mass is 35.5. The van der Waals surface area contributed by atoms with E-state index in [4.69, 9.17) is 21.2 Å². The lowest BCUT2D eigenvalue weighted by Gasteiger charge is -2.24. The van der Waals surface area contributed by atoms with Gasteiger partial charge in [0.25, 0.3) is 5.95 Å². The van der Waals surface area contributed by atoms with Crippen molar-refractivity contribution >= 4 is 29.2 Å². The van der Waals surface area contributed by atoms with Crippen LogP contribution in [0.25, 0.3) is 0 Å². The highest BCUT2D eigenvalue weighted by molar-refractivity contribution is 6.30. The zero-order valence-electron chi connectivity index (χ0n) is 19.4. The summed E-state index contributed by atoms with van der Waals surface area (Å²) in [6.45, 7) is 9.17. The number of ether oxygens (including phenoxy) is 1. The van der Waals surface area contributed by atoms with E-state index in [1.165, 1.54) is 4.80 Å². The lowest BCUT2D eigenvalue weighted by Crippen LogP contribution is -2.37. The molecule has 4 rings (SSSR count). The Morgan fingerprint density at radius 3 is 2.35 bits per heavy atom.